The maximum absolute atomic E-state index is 6.95. The van der Waals surface area contributed by atoms with Crippen LogP contribution in [-0.2, 0) is 5.54 Å². The van der Waals surface area contributed by atoms with Crippen LogP contribution in [0, 0.1) is 5.92 Å². The normalized spacial score (nSPS) is 18.2. The molecule has 0 saturated carbocycles. The Hall–Kier alpha value is -6.55. The Kier molecular flexibility index (Phi) is 9.31. The molecule has 9 aromatic rings. The van der Waals surface area contributed by atoms with Crippen LogP contribution in [0.15, 0.2) is 191 Å². The largest absolute Gasteiger partial charge is 0.455 e. The number of thiophene rings is 1. The number of fused-ring (bicyclic) bond motifs is 6. The van der Waals surface area contributed by atoms with Crippen molar-refractivity contribution in [2.75, 3.05) is 0 Å². The van der Waals surface area contributed by atoms with Gasteiger partial charge in [-0.3, -0.25) is 4.99 Å². The van der Waals surface area contributed by atoms with Gasteiger partial charge >= 0.3 is 0 Å². The first kappa shape index (κ1) is 37.4. The third kappa shape index (κ3) is 6.42. The van der Waals surface area contributed by atoms with Crippen LogP contribution in [0.5, 0.6) is 0 Å². The number of allylic oxidation sites excluding steroid dienone is 5. The van der Waals surface area contributed by atoms with E-state index in [2.05, 4.69) is 197 Å². The molecule has 3 heteroatoms. The van der Waals surface area contributed by atoms with E-state index in [4.69, 9.17) is 9.41 Å². The van der Waals surface area contributed by atoms with Crippen molar-refractivity contribution < 1.29 is 4.42 Å². The molecule has 0 N–H and O–H groups in total. The van der Waals surface area contributed by atoms with Crippen LogP contribution in [-0.4, -0.2) is 5.71 Å². The Bertz CT molecular complexity index is 3260. The van der Waals surface area contributed by atoms with E-state index in [0.717, 1.165) is 64.5 Å². The zero-order valence-corrected chi connectivity index (χ0v) is 35.7. The third-order valence-corrected chi connectivity index (χ3v) is 14.6. The van der Waals surface area contributed by atoms with Crippen LogP contribution in [0.2, 0.25) is 0 Å². The second-order valence-corrected chi connectivity index (χ2v) is 18.0. The van der Waals surface area contributed by atoms with E-state index in [1.807, 2.05) is 11.3 Å². The number of rotatable bonds is 7. The summed E-state index contributed by atoms with van der Waals surface area (Å²) >= 11 is 1.86. The van der Waals surface area contributed by atoms with Gasteiger partial charge in [0.2, 0.25) is 0 Å². The molecule has 296 valence electrons. The minimum absolute atomic E-state index is 0.130. The number of hydrogen-bond acceptors (Lipinski definition) is 3. The Morgan fingerprint density at radius 1 is 0.639 bits per heavy atom. The van der Waals surface area contributed by atoms with Crippen molar-refractivity contribution in [2.45, 2.75) is 52.0 Å². The lowest BCUT2D eigenvalue weighted by Gasteiger charge is -2.31. The molecule has 11 rings (SSSR count). The number of aliphatic imine (C=N–C) groups is 1. The second-order valence-electron chi connectivity index (χ2n) is 16.9. The average molecular weight is 806 g/mol. The highest BCUT2D eigenvalue weighted by Crippen LogP contribution is 2.49. The van der Waals surface area contributed by atoms with E-state index in [0.29, 0.717) is 0 Å². The summed E-state index contributed by atoms with van der Waals surface area (Å²) in [4.78, 5) is 6.01. The van der Waals surface area contributed by atoms with Gasteiger partial charge in [0.25, 0.3) is 0 Å². The summed E-state index contributed by atoms with van der Waals surface area (Å²) in [5.41, 5.74) is 16.1. The van der Waals surface area contributed by atoms with Crippen LogP contribution >= 0.6 is 11.3 Å². The van der Waals surface area contributed by atoms with Gasteiger partial charge in [0, 0.05) is 54.6 Å². The van der Waals surface area contributed by atoms with E-state index >= 15 is 0 Å². The highest BCUT2D eigenvalue weighted by atomic mass is 32.1. The summed E-state index contributed by atoms with van der Waals surface area (Å²) in [5.74, 6) is 0.130. The predicted octanol–water partition coefficient (Wildman–Crippen LogP) is 16.6. The zero-order chi connectivity index (χ0) is 41.1. The molecule has 61 heavy (non-hydrogen) atoms. The summed E-state index contributed by atoms with van der Waals surface area (Å²) in [6, 6.07) is 57.9. The molecule has 1 aliphatic carbocycles. The monoisotopic (exact) mass is 805 g/mol. The highest BCUT2D eigenvalue weighted by molar-refractivity contribution is 7.25. The fraction of sp³-hybridized carbons (Fsp3) is 0.155. The van der Waals surface area contributed by atoms with Crippen LogP contribution < -0.4 is 0 Å². The fourth-order valence-corrected chi connectivity index (χ4v) is 11.1. The lowest BCUT2D eigenvalue weighted by molar-refractivity contribution is 0.448. The van der Waals surface area contributed by atoms with Gasteiger partial charge in [-0.1, -0.05) is 177 Å². The second kappa shape index (κ2) is 15.2. The predicted molar refractivity (Wildman–Crippen MR) is 262 cm³/mol. The molecule has 2 aliphatic rings. The Morgan fingerprint density at radius 2 is 1.34 bits per heavy atom. The average Bonchev–Trinajstić information content (AvgIpc) is 3.87. The fourth-order valence-electron chi connectivity index (χ4n) is 9.97. The standard InChI is InChI=1S/C58H47NOS/c1-4-58(36-50(42-17-9-6-10-18-42)37(2)38(3)56(59-58)44-31-27-40(28-32-44)39-15-7-5-8-16-39)51-22-14-23-52-55(51)49-21-13-20-46(57(49)60-52)43-29-25-41(26-30-43)45-33-34-48-47-19-11-12-24-53(47)61-54(48)35-45/h6-7,9-35,38H,4-5,8,36H2,1-3H3/t38?,58-/m1/s1. The number of furan rings is 1. The molecule has 0 fully saturated rings. The number of hydrogen-bond donors (Lipinski definition) is 0. The van der Waals surface area contributed by atoms with Gasteiger partial charge in [-0.15, -0.1) is 11.3 Å². The molecule has 1 unspecified atom stereocenters. The van der Waals surface area contributed by atoms with Crippen molar-refractivity contribution in [1.82, 2.24) is 0 Å². The molecule has 0 radical (unpaired) electrons. The van der Waals surface area contributed by atoms with Crippen LogP contribution in [0.25, 0.3) is 75.5 Å². The molecular formula is C58H47NOS. The summed E-state index contributed by atoms with van der Waals surface area (Å²) in [6.07, 6.45) is 10.7. The lowest BCUT2D eigenvalue weighted by Crippen LogP contribution is -2.26. The molecule has 0 spiro atoms. The van der Waals surface area contributed by atoms with Gasteiger partial charge in [-0.05, 0) is 94.5 Å². The quantitative estimate of drug-likeness (QED) is 0.158. The van der Waals surface area contributed by atoms with E-state index < -0.39 is 5.54 Å². The molecule has 0 bridgehead atoms. The van der Waals surface area contributed by atoms with Crippen molar-refractivity contribution in [3.63, 3.8) is 0 Å². The molecule has 0 amide bonds. The summed E-state index contributed by atoms with van der Waals surface area (Å²) < 4.78 is 9.60. The van der Waals surface area contributed by atoms with E-state index in [-0.39, 0.29) is 5.92 Å². The third-order valence-electron chi connectivity index (χ3n) is 13.5. The molecule has 2 atom stereocenters. The van der Waals surface area contributed by atoms with Gasteiger partial charge < -0.3 is 4.42 Å². The summed E-state index contributed by atoms with van der Waals surface area (Å²) in [6.45, 7) is 6.98. The number of benzene rings is 7. The van der Waals surface area contributed by atoms with E-state index in [1.54, 1.807) is 0 Å². The van der Waals surface area contributed by atoms with Crippen molar-refractivity contribution in [3.8, 4) is 22.3 Å². The first-order chi connectivity index (χ1) is 30.0. The molecule has 7 aromatic carbocycles. The molecule has 1 aliphatic heterocycles. The zero-order valence-electron chi connectivity index (χ0n) is 34.9. The van der Waals surface area contributed by atoms with Gasteiger partial charge in [-0.25, -0.2) is 0 Å². The smallest absolute Gasteiger partial charge is 0.143 e. The van der Waals surface area contributed by atoms with E-state index in [9.17, 15) is 0 Å². The van der Waals surface area contributed by atoms with Crippen molar-refractivity contribution >= 4 is 70.3 Å². The SMILES string of the molecule is CC[C@]1(c2cccc3oc4c(-c5ccc(-c6ccc7c(c6)sc6ccccc67)cc5)cccc4c23)CC(c2ccccc2)=C(C)C(C)C(c2ccc(C3=CCCC=C3)cc2)=N1. The van der Waals surface area contributed by atoms with Gasteiger partial charge in [-0.2, -0.15) is 0 Å². The number of nitrogens with zero attached hydrogens (tertiary/aromatic N) is 1. The Labute approximate surface area is 361 Å². The lowest BCUT2D eigenvalue weighted by atomic mass is 9.77. The van der Waals surface area contributed by atoms with E-state index in [1.165, 1.54) is 70.3 Å². The van der Waals surface area contributed by atoms with Gasteiger partial charge in [0.05, 0.1) is 5.54 Å². The number of para-hydroxylation sites is 1. The van der Waals surface area contributed by atoms with Gasteiger partial charge in [0.1, 0.15) is 11.2 Å². The van der Waals surface area contributed by atoms with Crippen LogP contribution in [0.3, 0.4) is 0 Å². The minimum Gasteiger partial charge on any atom is -0.455 e. The van der Waals surface area contributed by atoms with Crippen molar-refractivity contribution in [3.05, 3.63) is 204 Å². The van der Waals surface area contributed by atoms with Gasteiger partial charge in [0.15, 0.2) is 0 Å². The topological polar surface area (TPSA) is 25.5 Å². The highest BCUT2D eigenvalue weighted by Gasteiger charge is 2.39. The van der Waals surface area contributed by atoms with Crippen LogP contribution in [0.4, 0.5) is 0 Å². The molecular weight excluding hydrogens is 759 g/mol. The first-order valence-corrected chi connectivity index (χ1v) is 22.6. The maximum atomic E-state index is 6.95. The minimum atomic E-state index is -0.538. The Balaban J connectivity index is 1.03. The molecule has 2 aromatic heterocycles. The van der Waals surface area contributed by atoms with Crippen molar-refractivity contribution in [2.24, 2.45) is 10.9 Å². The summed E-state index contributed by atoms with van der Waals surface area (Å²) in [5, 5.41) is 4.94. The Morgan fingerprint density at radius 3 is 2.15 bits per heavy atom. The van der Waals surface area contributed by atoms with Crippen LogP contribution in [0.1, 0.15) is 68.7 Å². The maximum Gasteiger partial charge on any atom is 0.143 e. The molecule has 3 heterocycles. The summed E-state index contributed by atoms with van der Waals surface area (Å²) in [7, 11) is 0. The first-order valence-electron chi connectivity index (χ1n) is 21.8. The molecule has 2 nitrogen and oxygen atoms in total. The van der Waals surface area contributed by atoms with Crippen molar-refractivity contribution in [1.29, 1.82) is 0 Å². The molecule has 0 saturated heterocycles.